The Morgan fingerprint density at radius 2 is 2.00 bits per heavy atom. The Morgan fingerprint density at radius 3 is 2.58 bits per heavy atom. The molecular formula is C7H12N2O3. The summed E-state index contributed by atoms with van der Waals surface area (Å²) in [4.78, 5) is 26.8. The molecule has 1 fully saturated rings. The first kappa shape index (κ1) is 8.83. The van der Waals surface area contributed by atoms with Crippen molar-refractivity contribution in [3.63, 3.8) is 0 Å². The molecule has 1 rings (SSSR count). The summed E-state index contributed by atoms with van der Waals surface area (Å²) in [6.07, 6.45) is 3.04. The summed E-state index contributed by atoms with van der Waals surface area (Å²) in [7, 11) is 0. The van der Waals surface area contributed by atoms with E-state index in [2.05, 4.69) is 4.84 Å². The number of hydrogen-bond donors (Lipinski definition) is 1. The van der Waals surface area contributed by atoms with Crippen LogP contribution in [0.3, 0.4) is 0 Å². The zero-order valence-corrected chi connectivity index (χ0v) is 6.78. The maximum Gasteiger partial charge on any atom is 0.434 e. The summed E-state index contributed by atoms with van der Waals surface area (Å²) in [5.41, 5.74) is 1.87. The van der Waals surface area contributed by atoms with Gasteiger partial charge in [-0.2, -0.15) is 5.48 Å². The lowest BCUT2D eigenvalue weighted by molar-refractivity contribution is -0.117. The van der Waals surface area contributed by atoms with Crippen molar-refractivity contribution in [2.75, 3.05) is 13.1 Å². The first-order valence-electron chi connectivity index (χ1n) is 3.99. The number of carbonyl (C=O) groups is 2. The predicted octanol–water partition coefficient (Wildman–Crippen LogP) is 0.270. The molecule has 0 unspecified atom stereocenters. The largest absolute Gasteiger partial charge is 0.434 e. The van der Waals surface area contributed by atoms with Gasteiger partial charge in [-0.15, -0.1) is 0 Å². The van der Waals surface area contributed by atoms with Crippen LogP contribution >= 0.6 is 0 Å². The van der Waals surface area contributed by atoms with Gasteiger partial charge in [0.25, 0.3) is 0 Å². The number of amides is 2. The van der Waals surface area contributed by atoms with Crippen LogP contribution in [-0.4, -0.2) is 30.5 Å². The maximum atomic E-state index is 11.0. The van der Waals surface area contributed by atoms with E-state index in [1.54, 1.807) is 4.90 Å². The van der Waals surface area contributed by atoms with E-state index in [-0.39, 0.29) is 0 Å². The van der Waals surface area contributed by atoms with Gasteiger partial charge in [-0.05, 0) is 19.3 Å². The van der Waals surface area contributed by atoms with Crippen molar-refractivity contribution in [2.24, 2.45) is 0 Å². The number of rotatable bonds is 2. The van der Waals surface area contributed by atoms with Crippen molar-refractivity contribution < 1.29 is 14.4 Å². The van der Waals surface area contributed by atoms with Crippen LogP contribution in [0.4, 0.5) is 4.79 Å². The fraction of sp³-hybridized carbons (Fsp3) is 0.714. The molecule has 68 valence electrons. The highest BCUT2D eigenvalue weighted by atomic mass is 16.7. The summed E-state index contributed by atoms with van der Waals surface area (Å²) < 4.78 is 0. The molecule has 5 nitrogen and oxygen atoms in total. The van der Waals surface area contributed by atoms with Crippen LogP contribution in [0.5, 0.6) is 0 Å². The highest BCUT2D eigenvalue weighted by Crippen LogP contribution is 2.08. The SMILES string of the molecule is O=CNOC(=O)N1CCCCC1. The molecule has 12 heavy (non-hydrogen) atoms. The highest BCUT2D eigenvalue weighted by molar-refractivity contribution is 5.68. The van der Waals surface area contributed by atoms with E-state index >= 15 is 0 Å². The first-order chi connectivity index (χ1) is 5.84. The van der Waals surface area contributed by atoms with Crippen molar-refractivity contribution in [3.05, 3.63) is 0 Å². The van der Waals surface area contributed by atoms with E-state index < -0.39 is 6.09 Å². The molecule has 1 N–H and O–H groups in total. The minimum Gasteiger partial charge on any atom is -0.322 e. The number of hydroxylamine groups is 1. The van der Waals surface area contributed by atoms with E-state index in [9.17, 15) is 9.59 Å². The van der Waals surface area contributed by atoms with Gasteiger partial charge in [0.1, 0.15) is 0 Å². The van der Waals surface area contributed by atoms with Crippen LogP contribution in [0.15, 0.2) is 0 Å². The van der Waals surface area contributed by atoms with Gasteiger partial charge in [-0.1, -0.05) is 0 Å². The van der Waals surface area contributed by atoms with Crippen molar-refractivity contribution in [1.29, 1.82) is 0 Å². The van der Waals surface area contributed by atoms with Crippen molar-refractivity contribution in [3.8, 4) is 0 Å². The molecule has 2 amide bonds. The number of nitrogens with one attached hydrogen (secondary N) is 1. The van der Waals surface area contributed by atoms with Gasteiger partial charge in [-0.25, -0.2) is 4.79 Å². The fourth-order valence-corrected chi connectivity index (χ4v) is 1.22. The topological polar surface area (TPSA) is 58.6 Å². The molecule has 0 bridgehead atoms. The number of piperidine rings is 1. The van der Waals surface area contributed by atoms with Crippen LogP contribution in [0.2, 0.25) is 0 Å². The molecule has 0 aromatic rings. The Hall–Kier alpha value is -1.26. The van der Waals surface area contributed by atoms with Gasteiger partial charge in [0.05, 0.1) is 0 Å². The standard InChI is InChI=1S/C7H12N2O3/c10-6-8-12-7(11)9-4-2-1-3-5-9/h6H,1-5H2,(H,8,10). The molecule has 0 aromatic carbocycles. The molecule has 1 aliphatic heterocycles. The van der Waals surface area contributed by atoms with E-state index in [0.717, 1.165) is 32.4 Å². The zero-order chi connectivity index (χ0) is 8.81. The Morgan fingerprint density at radius 1 is 1.33 bits per heavy atom. The van der Waals surface area contributed by atoms with Crippen LogP contribution < -0.4 is 5.48 Å². The third kappa shape index (κ3) is 2.41. The minimum atomic E-state index is -0.471. The molecule has 0 aliphatic carbocycles. The number of hydrogen-bond acceptors (Lipinski definition) is 3. The van der Waals surface area contributed by atoms with Crippen LogP contribution in [0.1, 0.15) is 19.3 Å². The highest BCUT2D eigenvalue weighted by Gasteiger charge is 2.17. The molecule has 1 aliphatic rings. The molecule has 0 spiro atoms. The number of likely N-dealkylation sites (tertiary alicyclic amines) is 1. The molecular weight excluding hydrogens is 160 g/mol. The van der Waals surface area contributed by atoms with Gasteiger partial charge >= 0.3 is 6.09 Å². The van der Waals surface area contributed by atoms with Crippen LogP contribution in [0, 0.1) is 0 Å². The number of nitrogens with zero attached hydrogens (tertiary/aromatic N) is 1. The Bertz CT molecular complexity index is 166. The molecule has 0 aromatic heterocycles. The quantitative estimate of drug-likeness (QED) is 0.480. The second-order valence-electron chi connectivity index (χ2n) is 2.65. The van der Waals surface area contributed by atoms with Crippen molar-refractivity contribution in [1.82, 2.24) is 10.4 Å². The predicted molar refractivity (Wildman–Crippen MR) is 41.1 cm³/mol. The second kappa shape index (κ2) is 4.58. The molecule has 5 heteroatoms. The summed E-state index contributed by atoms with van der Waals surface area (Å²) in [5.74, 6) is 0. The molecule has 0 saturated carbocycles. The van der Waals surface area contributed by atoms with Crippen molar-refractivity contribution in [2.45, 2.75) is 19.3 Å². The van der Waals surface area contributed by atoms with Gasteiger partial charge in [0.2, 0.25) is 6.41 Å². The summed E-state index contributed by atoms with van der Waals surface area (Å²) in [5, 5.41) is 0. The van der Waals surface area contributed by atoms with E-state index in [4.69, 9.17) is 0 Å². The Kier molecular flexibility index (Phi) is 3.37. The van der Waals surface area contributed by atoms with Crippen molar-refractivity contribution >= 4 is 12.5 Å². The lowest BCUT2D eigenvalue weighted by atomic mass is 10.1. The van der Waals surface area contributed by atoms with E-state index in [0.29, 0.717) is 6.41 Å². The minimum absolute atomic E-state index is 0.335. The van der Waals surface area contributed by atoms with Gasteiger partial charge in [0.15, 0.2) is 0 Å². The second-order valence-corrected chi connectivity index (χ2v) is 2.65. The van der Waals surface area contributed by atoms with Gasteiger partial charge < -0.3 is 9.74 Å². The molecule has 1 saturated heterocycles. The smallest absolute Gasteiger partial charge is 0.322 e. The molecule has 1 heterocycles. The van der Waals surface area contributed by atoms with Gasteiger partial charge in [0, 0.05) is 13.1 Å². The normalized spacial score (nSPS) is 16.8. The van der Waals surface area contributed by atoms with Gasteiger partial charge in [-0.3, -0.25) is 4.79 Å². The zero-order valence-electron chi connectivity index (χ0n) is 6.78. The number of carbonyl (C=O) groups excluding carboxylic acids is 2. The van der Waals surface area contributed by atoms with Crippen LogP contribution in [0.25, 0.3) is 0 Å². The fourth-order valence-electron chi connectivity index (χ4n) is 1.22. The van der Waals surface area contributed by atoms with Crippen LogP contribution in [-0.2, 0) is 9.63 Å². The average molecular weight is 172 g/mol. The third-order valence-corrected chi connectivity index (χ3v) is 1.81. The Balaban J connectivity index is 2.24. The molecule has 0 radical (unpaired) electrons. The summed E-state index contributed by atoms with van der Waals surface area (Å²) in [6.45, 7) is 1.44. The van der Waals surface area contributed by atoms with E-state index in [1.165, 1.54) is 0 Å². The summed E-state index contributed by atoms with van der Waals surface area (Å²) >= 11 is 0. The Labute approximate surface area is 70.6 Å². The lowest BCUT2D eigenvalue weighted by Gasteiger charge is -2.24. The average Bonchev–Trinajstić information content (AvgIpc) is 2.15. The lowest BCUT2D eigenvalue weighted by Crippen LogP contribution is -2.38. The maximum absolute atomic E-state index is 11.0. The third-order valence-electron chi connectivity index (χ3n) is 1.81. The summed E-state index contributed by atoms with van der Waals surface area (Å²) in [6, 6.07) is 0. The van der Waals surface area contributed by atoms with E-state index in [1.807, 2.05) is 5.48 Å². The molecule has 0 atom stereocenters. The monoisotopic (exact) mass is 172 g/mol. The first-order valence-corrected chi connectivity index (χ1v) is 3.99.